The zero-order valence-corrected chi connectivity index (χ0v) is 22.6. The Morgan fingerprint density at radius 1 is 1.03 bits per heavy atom. The van der Waals surface area contributed by atoms with Gasteiger partial charge in [-0.25, -0.2) is 15.2 Å². The third kappa shape index (κ3) is 8.40. The summed E-state index contributed by atoms with van der Waals surface area (Å²) in [6.07, 6.45) is 0.534. The molecule has 0 spiro atoms. The van der Waals surface area contributed by atoms with Crippen molar-refractivity contribution in [3.8, 4) is 5.88 Å². The minimum Gasteiger partial charge on any atom is -0.479 e. The number of nitrogens with two attached hydrogens (primary N) is 1. The standard InChI is InChI=1S/C21H36N7O7P/c1-12(2)34-19(29)14(5)26-36(31,27-15(6)20(30)35-13(3)4)11-33-9-8-28-10-23-16-17(28)24-21(22)25-18(16)32-7/h10,12-15H,8-9,11H2,1-7H3,(H2,22,24,25)(H2,26,27,31)/t14-,15-/m0/s1. The second kappa shape index (κ2) is 12.9. The minimum absolute atomic E-state index is 0.0319. The molecule has 0 saturated heterocycles. The summed E-state index contributed by atoms with van der Waals surface area (Å²) < 4.78 is 36.6. The van der Waals surface area contributed by atoms with Gasteiger partial charge in [-0.05, 0) is 41.5 Å². The van der Waals surface area contributed by atoms with Gasteiger partial charge in [-0.15, -0.1) is 0 Å². The molecule has 0 aliphatic rings. The van der Waals surface area contributed by atoms with Gasteiger partial charge >= 0.3 is 11.9 Å². The number of carbonyl (C=O) groups excluding carboxylic acids is 2. The molecule has 0 bridgehead atoms. The van der Waals surface area contributed by atoms with Crippen molar-refractivity contribution in [2.45, 2.75) is 72.4 Å². The molecule has 0 unspecified atom stereocenters. The van der Waals surface area contributed by atoms with E-state index in [1.807, 2.05) is 0 Å². The molecular weight excluding hydrogens is 493 g/mol. The molecule has 0 amide bonds. The normalized spacial score (nSPS) is 13.7. The number of anilines is 1. The van der Waals surface area contributed by atoms with Crippen LogP contribution in [0.1, 0.15) is 41.5 Å². The van der Waals surface area contributed by atoms with Gasteiger partial charge in [0.25, 0.3) is 0 Å². The molecule has 0 saturated carbocycles. The number of carbonyl (C=O) groups is 2. The maximum absolute atomic E-state index is 13.7. The van der Waals surface area contributed by atoms with Crippen LogP contribution < -0.4 is 20.6 Å². The number of hydrogen-bond donors (Lipinski definition) is 3. The smallest absolute Gasteiger partial charge is 0.323 e. The van der Waals surface area contributed by atoms with Crippen molar-refractivity contribution in [1.82, 2.24) is 29.7 Å². The third-order valence-corrected chi connectivity index (χ3v) is 6.76. The van der Waals surface area contributed by atoms with Crippen LogP contribution in [-0.2, 0) is 34.9 Å². The first-order valence-electron chi connectivity index (χ1n) is 11.5. The quantitative estimate of drug-likeness (QED) is 0.182. The summed E-state index contributed by atoms with van der Waals surface area (Å²) in [5.74, 6) is -0.884. The van der Waals surface area contributed by atoms with E-state index in [1.54, 1.807) is 32.3 Å². The van der Waals surface area contributed by atoms with Crippen LogP contribution in [-0.4, -0.2) is 75.8 Å². The fourth-order valence-electron chi connectivity index (χ4n) is 3.11. The second-order valence-corrected chi connectivity index (χ2v) is 10.9. The van der Waals surface area contributed by atoms with E-state index in [9.17, 15) is 14.2 Å². The topological polar surface area (TPSA) is 182 Å². The molecule has 14 nitrogen and oxygen atoms in total. The number of nitrogen functional groups attached to an aromatic ring is 1. The van der Waals surface area contributed by atoms with Gasteiger partial charge in [0.05, 0.1) is 32.3 Å². The van der Waals surface area contributed by atoms with E-state index in [4.69, 9.17) is 24.7 Å². The highest BCUT2D eigenvalue weighted by Crippen LogP contribution is 2.37. The van der Waals surface area contributed by atoms with E-state index in [2.05, 4.69) is 25.1 Å². The summed E-state index contributed by atoms with van der Waals surface area (Å²) in [5.41, 5.74) is 6.63. The molecule has 0 fully saturated rings. The number of hydrogen-bond acceptors (Lipinski definition) is 11. The Balaban J connectivity index is 2.09. The lowest BCUT2D eigenvalue weighted by molar-refractivity contribution is -0.149. The van der Waals surface area contributed by atoms with Gasteiger partial charge in [-0.2, -0.15) is 9.97 Å². The minimum atomic E-state index is -3.62. The first kappa shape index (κ1) is 29.4. The van der Waals surface area contributed by atoms with Crippen molar-refractivity contribution in [3.63, 3.8) is 0 Å². The average molecular weight is 530 g/mol. The average Bonchev–Trinajstić information content (AvgIpc) is 3.17. The molecule has 202 valence electrons. The number of imidazole rings is 1. The van der Waals surface area contributed by atoms with Crippen molar-refractivity contribution in [2.24, 2.45) is 0 Å². The molecule has 0 radical (unpaired) electrons. The fraction of sp³-hybridized carbons (Fsp3) is 0.667. The Kier molecular flexibility index (Phi) is 10.6. The zero-order chi connectivity index (χ0) is 27.0. The molecular formula is C21H36N7O7P. The summed E-state index contributed by atoms with van der Waals surface area (Å²) in [4.78, 5) is 37.0. The van der Waals surface area contributed by atoms with Gasteiger partial charge in [0, 0.05) is 6.54 Å². The van der Waals surface area contributed by atoms with Crippen LogP contribution in [0.4, 0.5) is 5.95 Å². The molecule has 15 heteroatoms. The molecule has 2 atom stereocenters. The molecule has 0 aromatic carbocycles. The second-order valence-electron chi connectivity index (χ2n) is 8.65. The van der Waals surface area contributed by atoms with E-state index in [0.29, 0.717) is 17.7 Å². The lowest BCUT2D eigenvalue weighted by Gasteiger charge is -2.27. The van der Waals surface area contributed by atoms with Crippen molar-refractivity contribution >= 4 is 36.5 Å². The molecule has 0 aliphatic carbocycles. The van der Waals surface area contributed by atoms with E-state index in [0.717, 1.165) is 0 Å². The molecule has 4 N–H and O–H groups in total. The lowest BCUT2D eigenvalue weighted by Crippen LogP contribution is -2.43. The number of nitrogens with one attached hydrogen (secondary N) is 2. The van der Waals surface area contributed by atoms with Crippen LogP contribution in [0.3, 0.4) is 0 Å². The monoisotopic (exact) mass is 529 g/mol. The number of aromatic nitrogens is 4. The highest BCUT2D eigenvalue weighted by atomic mass is 31.2. The number of methoxy groups -OCH3 is 1. The Morgan fingerprint density at radius 3 is 2.08 bits per heavy atom. The van der Waals surface area contributed by atoms with E-state index >= 15 is 0 Å². The molecule has 0 aliphatic heterocycles. The van der Waals surface area contributed by atoms with Crippen molar-refractivity contribution in [3.05, 3.63) is 6.33 Å². The molecule has 2 aromatic rings. The van der Waals surface area contributed by atoms with E-state index < -0.39 is 31.5 Å². The van der Waals surface area contributed by atoms with Gasteiger partial charge in [0.15, 0.2) is 11.2 Å². The Bertz CT molecular complexity index is 1060. The summed E-state index contributed by atoms with van der Waals surface area (Å²) in [6.45, 7) is 10.3. The van der Waals surface area contributed by atoms with Crippen LogP contribution in [0.5, 0.6) is 5.88 Å². The molecule has 36 heavy (non-hydrogen) atoms. The maximum atomic E-state index is 13.7. The summed E-state index contributed by atoms with van der Waals surface area (Å²) in [6, 6.07) is -1.85. The predicted octanol–water partition coefficient (Wildman–Crippen LogP) is 1.44. The predicted molar refractivity (Wildman–Crippen MR) is 132 cm³/mol. The van der Waals surface area contributed by atoms with E-state index in [1.165, 1.54) is 27.3 Å². The number of esters is 2. The lowest BCUT2D eigenvalue weighted by atomic mass is 10.4. The highest BCUT2D eigenvalue weighted by Gasteiger charge is 2.32. The molecule has 2 rings (SSSR count). The fourth-order valence-corrected chi connectivity index (χ4v) is 5.18. The van der Waals surface area contributed by atoms with Gasteiger partial charge in [0.1, 0.15) is 18.4 Å². The van der Waals surface area contributed by atoms with Crippen molar-refractivity contribution < 1.29 is 33.1 Å². The summed E-state index contributed by atoms with van der Waals surface area (Å²) in [5, 5.41) is 5.50. The first-order chi connectivity index (χ1) is 16.8. The summed E-state index contributed by atoms with van der Waals surface area (Å²) >= 11 is 0. The van der Waals surface area contributed by atoms with Crippen molar-refractivity contribution in [1.29, 1.82) is 0 Å². The highest BCUT2D eigenvalue weighted by molar-refractivity contribution is 7.59. The Hall–Kier alpha value is -2.80. The third-order valence-electron chi connectivity index (χ3n) is 4.61. The maximum Gasteiger partial charge on any atom is 0.323 e. The van der Waals surface area contributed by atoms with Crippen molar-refractivity contribution in [2.75, 3.05) is 25.8 Å². The first-order valence-corrected chi connectivity index (χ1v) is 13.4. The van der Waals surface area contributed by atoms with Crippen LogP contribution in [0.25, 0.3) is 11.2 Å². The number of ether oxygens (including phenoxy) is 4. The zero-order valence-electron chi connectivity index (χ0n) is 21.7. The number of nitrogens with zero attached hydrogens (tertiary/aromatic N) is 4. The van der Waals surface area contributed by atoms with Gasteiger partial charge in [-0.1, -0.05) is 0 Å². The Labute approximate surface area is 210 Å². The van der Waals surface area contributed by atoms with Crippen LogP contribution in [0.15, 0.2) is 6.33 Å². The number of rotatable bonds is 14. The molecule has 2 aromatic heterocycles. The SMILES string of the molecule is COc1nc(N)nc2c1ncn2CCOCP(=O)(N[C@@H](C)C(=O)OC(C)C)N[C@@H](C)C(=O)OC(C)C. The van der Waals surface area contributed by atoms with Crippen LogP contribution in [0, 0.1) is 0 Å². The van der Waals surface area contributed by atoms with Crippen LogP contribution >= 0.6 is 7.44 Å². The van der Waals surface area contributed by atoms with Gasteiger partial charge in [-0.3, -0.25) is 14.2 Å². The van der Waals surface area contributed by atoms with E-state index in [-0.39, 0.29) is 37.0 Å². The summed E-state index contributed by atoms with van der Waals surface area (Å²) in [7, 11) is -2.16. The largest absolute Gasteiger partial charge is 0.479 e. The van der Waals surface area contributed by atoms with Gasteiger partial charge < -0.3 is 29.2 Å². The van der Waals surface area contributed by atoms with Gasteiger partial charge in [0.2, 0.25) is 19.3 Å². The number of fused-ring (bicyclic) bond motifs is 1. The Morgan fingerprint density at radius 2 is 1.58 bits per heavy atom. The van der Waals surface area contributed by atoms with Crippen LogP contribution in [0.2, 0.25) is 0 Å². The molecule has 2 heterocycles.